The van der Waals surface area contributed by atoms with E-state index in [4.69, 9.17) is 14.0 Å². The van der Waals surface area contributed by atoms with Crippen molar-refractivity contribution in [3.63, 3.8) is 0 Å². The number of aliphatic hydroxyl groups is 1. The smallest absolute Gasteiger partial charge is 0.241 e. The number of hydrogen-bond acceptors (Lipinski definition) is 8. The van der Waals surface area contributed by atoms with E-state index in [2.05, 4.69) is 20.1 Å². The summed E-state index contributed by atoms with van der Waals surface area (Å²) in [4.78, 5) is 6.86. The number of nitrogens with zero attached hydrogens (tertiary/aromatic N) is 5. The van der Waals surface area contributed by atoms with Gasteiger partial charge >= 0.3 is 0 Å². The van der Waals surface area contributed by atoms with Gasteiger partial charge in [0.05, 0.1) is 33.1 Å². The fraction of sp³-hybridized carbons (Fsp3) is 0.476. The second-order valence-corrected chi connectivity index (χ2v) is 7.55. The molecule has 0 radical (unpaired) electrons. The highest BCUT2D eigenvalue weighted by molar-refractivity contribution is 5.60. The Balaban J connectivity index is 1.42. The van der Waals surface area contributed by atoms with Crippen molar-refractivity contribution >= 4 is 0 Å². The Morgan fingerprint density at radius 3 is 2.83 bits per heavy atom. The van der Waals surface area contributed by atoms with Crippen molar-refractivity contribution in [3.05, 3.63) is 42.0 Å². The molecule has 1 saturated heterocycles. The summed E-state index contributed by atoms with van der Waals surface area (Å²) in [5.41, 5.74) is 1.64. The van der Waals surface area contributed by atoms with E-state index in [0.717, 1.165) is 30.5 Å². The van der Waals surface area contributed by atoms with Crippen molar-refractivity contribution in [2.45, 2.75) is 38.0 Å². The van der Waals surface area contributed by atoms with Gasteiger partial charge in [-0.1, -0.05) is 5.16 Å². The summed E-state index contributed by atoms with van der Waals surface area (Å²) in [5, 5.41) is 18.8. The van der Waals surface area contributed by atoms with Gasteiger partial charge in [-0.3, -0.25) is 9.58 Å². The first-order valence-corrected chi connectivity index (χ1v) is 10.0. The number of methoxy groups -OCH3 is 2. The normalized spacial score (nSPS) is 17.9. The first-order valence-electron chi connectivity index (χ1n) is 10.0. The molecular formula is C21H27N5O4. The van der Waals surface area contributed by atoms with E-state index < -0.39 is 6.10 Å². The fourth-order valence-electron chi connectivity index (χ4n) is 3.96. The van der Waals surface area contributed by atoms with Gasteiger partial charge in [0.1, 0.15) is 0 Å². The third-order valence-electron chi connectivity index (χ3n) is 5.55. The van der Waals surface area contributed by atoms with Gasteiger partial charge in [-0.15, -0.1) is 0 Å². The minimum Gasteiger partial charge on any atom is -0.493 e. The van der Waals surface area contributed by atoms with Crippen molar-refractivity contribution in [2.24, 2.45) is 7.05 Å². The van der Waals surface area contributed by atoms with Crippen LogP contribution in [0.4, 0.5) is 0 Å². The van der Waals surface area contributed by atoms with Crippen LogP contribution in [0.1, 0.15) is 36.8 Å². The molecule has 1 N–H and O–H groups in total. The van der Waals surface area contributed by atoms with Gasteiger partial charge in [-0.2, -0.15) is 10.1 Å². The van der Waals surface area contributed by atoms with E-state index in [-0.39, 0.29) is 6.04 Å². The number of aliphatic hydroxyl groups excluding tert-OH is 1. The predicted octanol–water partition coefficient (Wildman–Crippen LogP) is 2.58. The molecule has 0 saturated carbocycles. The minimum absolute atomic E-state index is 0.261. The lowest BCUT2D eigenvalue weighted by Gasteiger charge is -2.24. The minimum atomic E-state index is -0.533. The Bertz CT molecular complexity index is 985. The number of aromatic nitrogens is 4. The van der Waals surface area contributed by atoms with Crippen LogP contribution in [0.3, 0.4) is 0 Å². The number of benzene rings is 1. The van der Waals surface area contributed by atoms with Crippen molar-refractivity contribution in [2.75, 3.05) is 20.8 Å². The van der Waals surface area contributed by atoms with Crippen molar-refractivity contribution < 1.29 is 19.1 Å². The molecule has 1 aliphatic heterocycles. The molecule has 1 aliphatic rings. The van der Waals surface area contributed by atoms with Gasteiger partial charge in [-0.25, -0.2) is 0 Å². The predicted molar refractivity (Wildman–Crippen MR) is 109 cm³/mol. The Morgan fingerprint density at radius 1 is 1.27 bits per heavy atom. The third-order valence-corrected chi connectivity index (χ3v) is 5.55. The molecule has 0 amide bonds. The van der Waals surface area contributed by atoms with Gasteiger partial charge in [0.2, 0.25) is 11.7 Å². The number of ether oxygens (including phenoxy) is 2. The van der Waals surface area contributed by atoms with Crippen molar-refractivity contribution in [1.82, 2.24) is 24.8 Å². The molecule has 1 aromatic carbocycles. The molecule has 0 spiro atoms. The van der Waals surface area contributed by atoms with Gasteiger partial charge in [0.25, 0.3) is 0 Å². The van der Waals surface area contributed by atoms with E-state index in [1.807, 2.05) is 31.4 Å². The molecule has 30 heavy (non-hydrogen) atoms. The summed E-state index contributed by atoms with van der Waals surface area (Å²) in [6.07, 6.45) is 5.82. The van der Waals surface area contributed by atoms with Crippen LogP contribution in [-0.2, 0) is 13.6 Å². The second-order valence-electron chi connectivity index (χ2n) is 7.55. The molecule has 4 rings (SSSR count). The Hall–Kier alpha value is -2.91. The zero-order valence-electron chi connectivity index (χ0n) is 17.5. The van der Waals surface area contributed by atoms with Gasteiger partial charge in [0.15, 0.2) is 11.5 Å². The molecule has 1 fully saturated rings. The molecule has 9 heteroatoms. The van der Waals surface area contributed by atoms with E-state index in [0.29, 0.717) is 36.2 Å². The Morgan fingerprint density at radius 2 is 2.10 bits per heavy atom. The van der Waals surface area contributed by atoms with Crippen LogP contribution in [0.15, 0.2) is 35.1 Å². The van der Waals surface area contributed by atoms with Crippen LogP contribution in [0.25, 0.3) is 11.4 Å². The van der Waals surface area contributed by atoms with Crippen LogP contribution in [-0.4, -0.2) is 56.7 Å². The lowest BCUT2D eigenvalue weighted by molar-refractivity contribution is 0.112. The number of aryl methyl sites for hydroxylation is 1. The number of hydrogen-bond donors (Lipinski definition) is 1. The molecule has 0 aliphatic carbocycles. The molecule has 9 nitrogen and oxygen atoms in total. The summed E-state index contributed by atoms with van der Waals surface area (Å²) in [6.45, 7) is 1.50. The maximum atomic E-state index is 10.6. The average molecular weight is 413 g/mol. The van der Waals surface area contributed by atoms with Crippen LogP contribution < -0.4 is 9.47 Å². The molecule has 0 unspecified atom stereocenters. The summed E-state index contributed by atoms with van der Waals surface area (Å²) >= 11 is 0. The molecule has 160 valence electrons. The lowest BCUT2D eigenvalue weighted by atomic mass is 10.0. The topological polar surface area (TPSA) is 98.7 Å². The SMILES string of the molecule is COc1ccc(-c2noc(CN3CCC[C@@H]3C[C@@H](O)c3cnn(C)c3)n2)cc1OC. The largest absolute Gasteiger partial charge is 0.493 e. The average Bonchev–Trinajstić information content (AvgIpc) is 3.50. The first kappa shape index (κ1) is 20.4. The molecular weight excluding hydrogens is 386 g/mol. The summed E-state index contributed by atoms with van der Waals surface area (Å²) in [5.74, 6) is 2.34. The van der Waals surface area contributed by atoms with Crippen LogP contribution >= 0.6 is 0 Å². The lowest BCUT2D eigenvalue weighted by Crippen LogP contribution is -2.30. The van der Waals surface area contributed by atoms with E-state index in [1.165, 1.54) is 0 Å². The van der Waals surface area contributed by atoms with Crippen LogP contribution in [0, 0.1) is 0 Å². The van der Waals surface area contributed by atoms with Gasteiger partial charge in [0, 0.05) is 30.4 Å². The first-order chi connectivity index (χ1) is 14.6. The van der Waals surface area contributed by atoms with Crippen molar-refractivity contribution in [3.8, 4) is 22.9 Å². The fourth-order valence-corrected chi connectivity index (χ4v) is 3.96. The molecule has 2 atom stereocenters. The maximum Gasteiger partial charge on any atom is 0.241 e. The van der Waals surface area contributed by atoms with Crippen LogP contribution in [0.2, 0.25) is 0 Å². The van der Waals surface area contributed by atoms with Gasteiger partial charge < -0.3 is 19.1 Å². The summed E-state index contributed by atoms with van der Waals surface area (Å²) in [7, 11) is 5.04. The highest BCUT2D eigenvalue weighted by atomic mass is 16.5. The maximum absolute atomic E-state index is 10.6. The standard InChI is InChI=1S/C21H27N5O4/c1-25-12-15(11-22-25)17(27)10-16-5-4-8-26(16)13-20-23-21(24-30-20)14-6-7-18(28-2)19(9-14)29-3/h6-7,9,11-12,16-17,27H,4-5,8,10,13H2,1-3H3/t16-,17-/m1/s1. The molecule has 3 heterocycles. The van der Waals surface area contributed by atoms with E-state index in [1.54, 1.807) is 25.1 Å². The zero-order chi connectivity index (χ0) is 21.1. The Labute approximate surface area is 175 Å². The van der Waals surface area contributed by atoms with E-state index >= 15 is 0 Å². The monoisotopic (exact) mass is 413 g/mol. The highest BCUT2D eigenvalue weighted by Gasteiger charge is 2.29. The van der Waals surface area contributed by atoms with E-state index in [9.17, 15) is 5.11 Å². The van der Waals surface area contributed by atoms with Gasteiger partial charge in [-0.05, 0) is 44.0 Å². The quantitative estimate of drug-likeness (QED) is 0.602. The number of rotatable bonds is 8. The Kier molecular flexibility index (Phi) is 6.01. The molecule has 3 aromatic rings. The summed E-state index contributed by atoms with van der Waals surface area (Å²) in [6, 6.07) is 5.78. The van der Waals surface area contributed by atoms with Crippen molar-refractivity contribution in [1.29, 1.82) is 0 Å². The van der Waals surface area contributed by atoms with Crippen LogP contribution in [0.5, 0.6) is 11.5 Å². The second kappa shape index (κ2) is 8.85. The summed E-state index contributed by atoms with van der Waals surface area (Å²) < 4.78 is 17.8. The molecule has 0 bridgehead atoms. The molecule has 2 aromatic heterocycles. The number of likely N-dealkylation sites (tertiary alicyclic amines) is 1. The highest BCUT2D eigenvalue weighted by Crippen LogP contribution is 2.32. The zero-order valence-corrected chi connectivity index (χ0v) is 17.5. The third kappa shape index (κ3) is 4.31.